The van der Waals surface area contributed by atoms with Crippen molar-refractivity contribution in [3.8, 4) is 0 Å². The zero-order valence-corrected chi connectivity index (χ0v) is 10.1. The van der Waals surface area contributed by atoms with Gasteiger partial charge in [0, 0.05) is 17.8 Å². The standard InChI is InChI=1S/C11H23NOS/c1-3-14-8-9(2)12-10-6-4-5-7-11(10)13/h9-13H,3-8H2,1-2H3. The highest BCUT2D eigenvalue weighted by atomic mass is 32.2. The van der Waals surface area contributed by atoms with Crippen LogP contribution in [0.4, 0.5) is 0 Å². The van der Waals surface area contributed by atoms with Gasteiger partial charge in [0.1, 0.15) is 0 Å². The van der Waals surface area contributed by atoms with E-state index >= 15 is 0 Å². The molecule has 0 aromatic rings. The summed E-state index contributed by atoms with van der Waals surface area (Å²) in [5.41, 5.74) is 0. The average molecular weight is 217 g/mol. The largest absolute Gasteiger partial charge is 0.392 e. The van der Waals surface area contributed by atoms with E-state index in [0.717, 1.165) is 18.6 Å². The van der Waals surface area contributed by atoms with E-state index < -0.39 is 0 Å². The van der Waals surface area contributed by atoms with Gasteiger partial charge in [-0.05, 0) is 25.5 Å². The number of aliphatic hydroxyl groups excluding tert-OH is 1. The van der Waals surface area contributed by atoms with Gasteiger partial charge in [-0.1, -0.05) is 19.8 Å². The number of nitrogens with one attached hydrogen (secondary N) is 1. The van der Waals surface area contributed by atoms with E-state index in [1.165, 1.54) is 18.6 Å². The molecule has 0 radical (unpaired) electrons. The minimum Gasteiger partial charge on any atom is -0.392 e. The van der Waals surface area contributed by atoms with Crippen LogP contribution in [0, 0.1) is 0 Å². The van der Waals surface area contributed by atoms with Gasteiger partial charge in [0.25, 0.3) is 0 Å². The highest BCUT2D eigenvalue weighted by Gasteiger charge is 2.23. The fraction of sp³-hybridized carbons (Fsp3) is 1.00. The van der Waals surface area contributed by atoms with Crippen LogP contribution in [0.2, 0.25) is 0 Å². The van der Waals surface area contributed by atoms with Crippen LogP contribution in [0.15, 0.2) is 0 Å². The Morgan fingerprint density at radius 1 is 1.43 bits per heavy atom. The molecule has 1 rings (SSSR count). The maximum Gasteiger partial charge on any atom is 0.0693 e. The van der Waals surface area contributed by atoms with Gasteiger partial charge < -0.3 is 10.4 Å². The molecule has 0 amide bonds. The Morgan fingerprint density at radius 2 is 2.14 bits per heavy atom. The van der Waals surface area contributed by atoms with E-state index in [2.05, 4.69) is 19.2 Å². The smallest absolute Gasteiger partial charge is 0.0693 e. The van der Waals surface area contributed by atoms with Gasteiger partial charge in [0.05, 0.1) is 6.10 Å². The Morgan fingerprint density at radius 3 is 2.79 bits per heavy atom. The molecule has 0 heterocycles. The molecule has 1 aliphatic rings. The van der Waals surface area contributed by atoms with Crippen molar-refractivity contribution in [2.24, 2.45) is 0 Å². The van der Waals surface area contributed by atoms with Crippen molar-refractivity contribution in [3.63, 3.8) is 0 Å². The molecule has 2 N–H and O–H groups in total. The van der Waals surface area contributed by atoms with E-state index in [4.69, 9.17) is 0 Å². The van der Waals surface area contributed by atoms with Gasteiger partial charge in [-0.2, -0.15) is 11.8 Å². The van der Waals surface area contributed by atoms with E-state index in [9.17, 15) is 5.11 Å². The number of aliphatic hydroxyl groups is 1. The highest BCUT2D eigenvalue weighted by Crippen LogP contribution is 2.19. The van der Waals surface area contributed by atoms with Gasteiger partial charge in [-0.3, -0.25) is 0 Å². The zero-order valence-electron chi connectivity index (χ0n) is 9.33. The molecule has 0 saturated heterocycles. The Labute approximate surface area is 91.9 Å². The fourth-order valence-corrected chi connectivity index (χ4v) is 2.70. The third kappa shape index (κ3) is 4.20. The highest BCUT2D eigenvalue weighted by molar-refractivity contribution is 7.99. The lowest BCUT2D eigenvalue weighted by Crippen LogP contribution is -2.46. The second-order valence-electron chi connectivity index (χ2n) is 4.19. The van der Waals surface area contributed by atoms with Crippen LogP contribution in [0.1, 0.15) is 39.5 Å². The molecular weight excluding hydrogens is 194 g/mol. The molecule has 0 bridgehead atoms. The Bertz CT molecular complexity index is 154. The second kappa shape index (κ2) is 6.70. The van der Waals surface area contributed by atoms with Crippen molar-refractivity contribution in [1.29, 1.82) is 0 Å². The number of hydrogen-bond donors (Lipinski definition) is 2. The molecule has 2 nitrogen and oxygen atoms in total. The van der Waals surface area contributed by atoms with Crippen LogP contribution in [-0.4, -0.2) is 34.8 Å². The summed E-state index contributed by atoms with van der Waals surface area (Å²) in [4.78, 5) is 0. The Kier molecular flexibility index (Phi) is 5.90. The first-order chi connectivity index (χ1) is 6.74. The summed E-state index contributed by atoms with van der Waals surface area (Å²) in [7, 11) is 0. The van der Waals surface area contributed by atoms with Crippen LogP contribution in [0.25, 0.3) is 0 Å². The van der Waals surface area contributed by atoms with Crippen molar-refractivity contribution in [2.75, 3.05) is 11.5 Å². The maximum atomic E-state index is 9.77. The number of rotatable bonds is 5. The first kappa shape index (κ1) is 12.3. The molecular formula is C11H23NOS. The Balaban J connectivity index is 2.20. The van der Waals surface area contributed by atoms with Crippen LogP contribution in [0.3, 0.4) is 0 Å². The minimum atomic E-state index is -0.113. The van der Waals surface area contributed by atoms with Crippen molar-refractivity contribution >= 4 is 11.8 Å². The second-order valence-corrected chi connectivity index (χ2v) is 5.50. The third-order valence-corrected chi connectivity index (χ3v) is 3.94. The monoisotopic (exact) mass is 217 g/mol. The molecule has 0 aliphatic heterocycles. The quantitative estimate of drug-likeness (QED) is 0.739. The lowest BCUT2D eigenvalue weighted by Gasteiger charge is -2.31. The zero-order chi connectivity index (χ0) is 10.4. The molecule has 0 aromatic carbocycles. The maximum absolute atomic E-state index is 9.77. The summed E-state index contributed by atoms with van der Waals surface area (Å²) in [6.07, 6.45) is 4.46. The predicted octanol–water partition coefficient (Wildman–Crippen LogP) is 2.02. The van der Waals surface area contributed by atoms with Crippen LogP contribution in [0.5, 0.6) is 0 Å². The SMILES string of the molecule is CCSCC(C)NC1CCCCC1O. The van der Waals surface area contributed by atoms with Gasteiger partial charge in [0.15, 0.2) is 0 Å². The molecule has 0 spiro atoms. The molecule has 3 heteroatoms. The van der Waals surface area contributed by atoms with E-state index in [1.807, 2.05) is 11.8 Å². The molecule has 3 atom stereocenters. The summed E-state index contributed by atoms with van der Waals surface area (Å²) < 4.78 is 0. The molecule has 14 heavy (non-hydrogen) atoms. The third-order valence-electron chi connectivity index (χ3n) is 2.80. The Hall–Kier alpha value is 0.270. The lowest BCUT2D eigenvalue weighted by molar-refractivity contribution is 0.0873. The number of hydrogen-bond acceptors (Lipinski definition) is 3. The number of thioether (sulfide) groups is 1. The minimum absolute atomic E-state index is 0.113. The van der Waals surface area contributed by atoms with E-state index in [-0.39, 0.29) is 6.10 Å². The van der Waals surface area contributed by atoms with Crippen molar-refractivity contribution in [2.45, 2.75) is 57.7 Å². The van der Waals surface area contributed by atoms with Crippen molar-refractivity contribution in [3.05, 3.63) is 0 Å². The van der Waals surface area contributed by atoms with Gasteiger partial charge in [0.2, 0.25) is 0 Å². The molecule has 1 aliphatic carbocycles. The molecule has 3 unspecified atom stereocenters. The summed E-state index contributed by atoms with van der Waals surface area (Å²) in [5, 5.41) is 13.3. The average Bonchev–Trinajstić information content (AvgIpc) is 2.18. The summed E-state index contributed by atoms with van der Waals surface area (Å²) in [6, 6.07) is 0.869. The molecule has 0 aromatic heterocycles. The van der Waals surface area contributed by atoms with Gasteiger partial charge in [-0.25, -0.2) is 0 Å². The van der Waals surface area contributed by atoms with E-state index in [1.54, 1.807) is 0 Å². The first-order valence-corrected chi connectivity index (χ1v) is 6.91. The lowest BCUT2D eigenvalue weighted by atomic mass is 9.92. The molecule has 1 fully saturated rings. The first-order valence-electron chi connectivity index (χ1n) is 5.76. The predicted molar refractivity (Wildman–Crippen MR) is 63.9 cm³/mol. The molecule has 84 valence electrons. The van der Waals surface area contributed by atoms with Crippen molar-refractivity contribution in [1.82, 2.24) is 5.32 Å². The van der Waals surface area contributed by atoms with E-state index in [0.29, 0.717) is 12.1 Å². The summed E-state index contributed by atoms with van der Waals surface area (Å²) >= 11 is 1.96. The molecule has 1 saturated carbocycles. The topological polar surface area (TPSA) is 32.3 Å². The fourth-order valence-electron chi connectivity index (χ4n) is 2.01. The van der Waals surface area contributed by atoms with Crippen molar-refractivity contribution < 1.29 is 5.11 Å². The van der Waals surface area contributed by atoms with Crippen LogP contribution >= 0.6 is 11.8 Å². The summed E-state index contributed by atoms with van der Waals surface area (Å²) in [6.45, 7) is 4.40. The van der Waals surface area contributed by atoms with Gasteiger partial charge in [-0.15, -0.1) is 0 Å². The normalized spacial score (nSPS) is 30.2. The van der Waals surface area contributed by atoms with Crippen LogP contribution in [-0.2, 0) is 0 Å². The van der Waals surface area contributed by atoms with Gasteiger partial charge >= 0.3 is 0 Å². The van der Waals surface area contributed by atoms with Crippen LogP contribution < -0.4 is 5.32 Å². The summed E-state index contributed by atoms with van der Waals surface area (Å²) in [5.74, 6) is 2.33.